The normalized spacial score (nSPS) is 29.9. The molecule has 0 radical (unpaired) electrons. The first kappa shape index (κ1) is 13.8. The predicted octanol–water partition coefficient (Wildman–Crippen LogP) is 0.690. The van der Waals surface area contributed by atoms with Gasteiger partial charge in [-0.3, -0.25) is 4.79 Å². The molecule has 4 heteroatoms. The molecule has 2 aliphatic rings. The van der Waals surface area contributed by atoms with Crippen LogP contribution >= 0.6 is 0 Å². The minimum atomic E-state index is 0.222. The van der Waals surface area contributed by atoms with Crippen molar-refractivity contribution in [3.63, 3.8) is 0 Å². The van der Waals surface area contributed by atoms with Crippen LogP contribution in [-0.4, -0.2) is 50.1 Å². The Balaban J connectivity index is 1.55. The minimum Gasteiger partial charge on any atom is -0.356 e. The lowest BCUT2D eigenvalue weighted by Gasteiger charge is -2.35. The topological polar surface area (TPSA) is 44.4 Å². The summed E-state index contributed by atoms with van der Waals surface area (Å²) < 4.78 is 0. The number of piperidine rings is 1. The van der Waals surface area contributed by atoms with Crippen molar-refractivity contribution in [2.24, 2.45) is 17.8 Å². The van der Waals surface area contributed by atoms with Gasteiger partial charge in [-0.1, -0.05) is 13.8 Å². The first-order valence-corrected chi connectivity index (χ1v) is 7.36. The summed E-state index contributed by atoms with van der Waals surface area (Å²) >= 11 is 0. The molecule has 104 valence electrons. The molecule has 2 heterocycles. The van der Waals surface area contributed by atoms with E-state index < -0.39 is 0 Å². The van der Waals surface area contributed by atoms with Crippen molar-refractivity contribution in [3.8, 4) is 0 Å². The van der Waals surface area contributed by atoms with E-state index >= 15 is 0 Å². The zero-order valence-electron chi connectivity index (χ0n) is 11.7. The summed E-state index contributed by atoms with van der Waals surface area (Å²) in [5.41, 5.74) is 0. The Morgan fingerprint density at radius 1 is 1.28 bits per heavy atom. The van der Waals surface area contributed by atoms with Gasteiger partial charge in [-0.05, 0) is 31.2 Å². The van der Waals surface area contributed by atoms with E-state index in [1.807, 2.05) is 0 Å². The Hall–Kier alpha value is -0.610. The Morgan fingerprint density at radius 3 is 2.50 bits per heavy atom. The molecular formula is C14H27N3O. The maximum atomic E-state index is 11.6. The van der Waals surface area contributed by atoms with Gasteiger partial charge in [-0.2, -0.15) is 0 Å². The van der Waals surface area contributed by atoms with E-state index in [4.69, 9.17) is 0 Å². The second-order valence-corrected chi connectivity index (χ2v) is 6.21. The van der Waals surface area contributed by atoms with E-state index in [0.717, 1.165) is 44.4 Å². The average Bonchev–Trinajstić information content (AvgIpc) is 2.20. The standard InChI is InChI=1S/C14H27N3O/c1-11-6-12(2)10-17(9-11)5-3-4-16-14(18)13-7-15-8-13/h11-13,15H,3-10H2,1-2H3,(H,16,18). The highest BCUT2D eigenvalue weighted by Crippen LogP contribution is 2.20. The van der Waals surface area contributed by atoms with Gasteiger partial charge in [0.15, 0.2) is 0 Å². The fourth-order valence-electron chi connectivity index (χ4n) is 3.11. The summed E-state index contributed by atoms with van der Waals surface area (Å²) in [7, 11) is 0. The van der Waals surface area contributed by atoms with E-state index in [2.05, 4.69) is 29.4 Å². The summed E-state index contributed by atoms with van der Waals surface area (Å²) in [6.07, 6.45) is 2.44. The lowest BCUT2D eigenvalue weighted by Crippen LogP contribution is -2.51. The molecule has 0 aromatic rings. The molecule has 0 aromatic carbocycles. The number of likely N-dealkylation sites (tertiary alicyclic amines) is 1. The van der Waals surface area contributed by atoms with E-state index in [0.29, 0.717) is 0 Å². The maximum absolute atomic E-state index is 11.6. The summed E-state index contributed by atoms with van der Waals surface area (Å²) in [5.74, 6) is 2.10. The smallest absolute Gasteiger partial charge is 0.225 e. The van der Waals surface area contributed by atoms with Gasteiger partial charge in [0.2, 0.25) is 5.91 Å². The van der Waals surface area contributed by atoms with Gasteiger partial charge in [0.25, 0.3) is 0 Å². The van der Waals surface area contributed by atoms with Crippen molar-refractivity contribution in [1.82, 2.24) is 15.5 Å². The maximum Gasteiger partial charge on any atom is 0.225 e. The highest BCUT2D eigenvalue weighted by Gasteiger charge is 2.24. The highest BCUT2D eigenvalue weighted by molar-refractivity contribution is 5.79. The molecule has 0 spiro atoms. The van der Waals surface area contributed by atoms with E-state index in [-0.39, 0.29) is 11.8 Å². The molecule has 0 saturated carbocycles. The molecule has 0 aromatic heterocycles. The Bertz CT molecular complexity index is 268. The lowest BCUT2D eigenvalue weighted by atomic mass is 9.92. The van der Waals surface area contributed by atoms with Crippen molar-refractivity contribution in [2.45, 2.75) is 26.7 Å². The Kier molecular flexibility index (Phi) is 5.01. The number of amides is 1. The van der Waals surface area contributed by atoms with Crippen LogP contribution in [0.25, 0.3) is 0 Å². The number of nitrogens with zero attached hydrogens (tertiary/aromatic N) is 1. The molecule has 2 fully saturated rings. The monoisotopic (exact) mass is 253 g/mol. The van der Waals surface area contributed by atoms with Crippen LogP contribution in [-0.2, 0) is 4.79 Å². The van der Waals surface area contributed by atoms with Gasteiger partial charge in [0.05, 0.1) is 5.92 Å². The molecule has 0 aliphatic carbocycles. The summed E-state index contributed by atoms with van der Waals surface area (Å²) in [6, 6.07) is 0. The first-order valence-electron chi connectivity index (χ1n) is 7.36. The third-order valence-electron chi connectivity index (χ3n) is 4.05. The van der Waals surface area contributed by atoms with Crippen LogP contribution in [0.3, 0.4) is 0 Å². The van der Waals surface area contributed by atoms with Crippen LogP contribution in [0, 0.1) is 17.8 Å². The molecule has 4 nitrogen and oxygen atoms in total. The second kappa shape index (κ2) is 6.53. The van der Waals surface area contributed by atoms with E-state index in [9.17, 15) is 4.79 Å². The third-order valence-corrected chi connectivity index (χ3v) is 4.05. The minimum absolute atomic E-state index is 0.222. The zero-order valence-corrected chi connectivity index (χ0v) is 11.7. The molecule has 2 unspecified atom stereocenters. The fraction of sp³-hybridized carbons (Fsp3) is 0.929. The molecule has 0 bridgehead atoms. The van der Waals surface area contributed by atoms with Gasteiger partial charge >= 0.3 is 0 Å². The third kappa shape index (κ3) is 3.95. The molecule has 2 atom stereocenters. The molecule has 1 amide bonds. The van der Waals surface area contributed by atoms with Crippen LogP contribution in [0.5, 0.6) is 0 Å². The molecule has 2 rings (SSSR count). The van der Waals surface area contributed by atoms with Crippen molar-refractivity contribution in [1.29, 1.82) is 0 Å². The van der Waals surface area contributed by atoms with Gasteiger partial charge in [-0.15, -0.1) is 0 Å². The van der Waals surface area contributed by atoms with Crippen LogP contribution in [0.15, 0.2) is 0 Å². The van der Waals surface area contributed by atoms with Gasteiger partial charge in [0, 0.05) is 32.7 Å². The number of nitrogens with one attached hydrogen (secondary N) is 2. The molecule has 18 heavy (non-hydrogen) atoms. The van der Waals surface area contributed by atoms with Crippen molar-refractivity contribution in [3.05, 3.63) is 0 Å². The van der Waals surface area contributed by atoms with Crippen molar-refractivity contribution < 1.29 is 4.79 Å². The van der Waals surface area contributed by atoms with Crippen molar-refractivity contribution in [2.75, 3.05) is 39.3 Å². The fourth-order valence-corrected chi connectivity index (χ4v) is 3.11. The second-order valence-electron chi connectivity index (χ2n) is 6.21. The van der Waals surface area contributed by atoms with Gasteiger partial charge < -0.3 is 15.5 Å². The van der Waals surface area contributed by atoms with Crippen LogP contribution < -0.4 is 10.6 Å². The van der Waals surface area contributed by atoms with E-state index in [1.54, 1.807) is 0 Å². The molecular weight excluding hydrogens is 226 g/mol. The Labute approximate surface area is 110 Å². The number of rotatable bonds is 5. The van der Waals surface area contributed by atoms with Crippen LogP contribution in [0.1, 0.15) is 26.7 Å². The lowest BCUT2D eigenvalue weighted by molar-refractivity contribution is -0.126. The number of carbonyl (C=O) groups excluding carboxylic acids is 1. The SMILES string of the molecule is CC1CC(C)CN(CCCNC(=O)C2CNC2)C1. The van der Waals surface area contributed by atoms with Gasteiger partial charge in [-0.25, -0.2) is 0 Å². The summed E-state index contributed by atoms with van der Waals surface area (Å²) in [5, 5.41) is 6.17. The number of hydrogen-bond donors (Lipinski definition) is 2. The first-order chi connectivity index (χ1) is 8.65. The quantitative estimate of drug-likeness (QED) is 0.709. The number of hydrogen-bond acceptors (Lipinski definition) is 3. The summed E-state index contributed by atoms with van der Waals surface area (Å²) in [4.78, 5) is 14.2. The largest absolute Gasteiger partial charge is 0.356 e. The van der Waals surface area contributed by atoms with Crippen LogP contribution in [0.4, 0.5) is 0 Å². The average molecular weight is 253 g/mol. The molecule has 2 saturated heterocycles. The van der Waals surface area contributed by atoms with Crippen LogP contribution in [0.2, 0.25) is 0 Å². The summed E-state index contributed by atoms with van der Waals surface area (Å²) in [6.45, 7) is 10.8. The van der Waals surface area contributed by atoms with Gasteiger partial charge in [0.1, 0.15) is 0 Å². The highest BCUT2D eigenvalue weighted by atomic mass is 16.2. The molecule has 2 N–H and O–H groups in total. The predicted molar refractivity (Wildman–Crippen MR) is 73.4 cm³/mol. The zero-order chi connectivity index (χ0) is 13.0. The number of carbonyl (C=O) groups is 1. The molecule has 2 aliphatic heterocycles. The Morgan fingerprint density at radius 2 is 1.94 bits per heavy atom. The van der Waals surface area contributed by atoms with E-state index in [1.165, 1.54) is 19.5 Å². The van der Waals surface area contributed by atoms with Crippen molar-refractivity contribution >= 4 is 5.91 Å².